The first-order valence-corrected chi connectivity index (χ1v) is 8.41. The van der Waals surface area contributed by atoms with E-state index in [1.165, 1.54) is 38.5 Å². The van der Waals surface area contributed by atoms with Gasteiger partial charge in [-0.1, -0.05) is 51.2 Å². The average Bonchev–Trinajstić information content (AvgIpc) is 2.53. The maximum absolute atomic E-state index is 11.0. The summed E-state index contributed by atoms with van der Waals surface area (Å²) in [6.45, 7) is 4.73. The van der Waals surface area contributed by atoms with Gasteiger partial charge in [0.25, 0.3) is 0 Å². The molecule has 0 aliphatic heterocycles. The summed E-state index contributed by atoms with van der Waals surface area (Å²) < 4.78 is 5.55. The number of nitrogens with one attached hydrogen (secondary N) is 1. The fourth-order valence-electron chi connectivity index (χ4n) is 2.30. The van der Waals surface area contributed by atoms with Crippen molar-refractivity contribution in [2.45, 2.75) is 51.9 Å². The molecule has 0 aromatic heterocycles. The molecule has 0 saturated heterocycles. The first kappa shape index (κ1) is 18.5. The molecule has 2 N–H and O–H groups in total. The van der Waals surface area contributed by atoms with E-state index in [9.17, 15) is 4.79 Å². The molecule has 0 saturated carbocycles. The van der Waals surface area contributed by atoms with Crippen molar-refractivity contribution in [1.29, 1.82) is 0 Å². The van der Waals surface area contributed by atoms with Crippen LogP contribution in [0.5, 0.6) is 5.75 Å². The van der Waals surface area contributed by atoms with Crippen LogP contribution in [0.25, 0.3) is 0 Å². The van der Waals surface area contributed by atoms with Crippen molar-refractivity contribution in [1.82, 2.24) is 5.32 Å². The normalized spacial score (nSPS) is 10.6. The van der Waals surface area contributed by atoms with Crippen LogP contribution >= 0.6 is 0 Å². The third-order valence-electron chi connectivity index (χ3n) is 3.58. The third kappa shape index (κ3) is 8.03. The van der Waals surface area contributed by atoms with Gasteiger partial charge in [-0.3, -0.25) is 0 Å². The Hall–Kier alpha value is -1.55. The van der Waals surface area contributed by atoms with Crippen molar-refractivity contribution >= 4 is 5.97 Å². The van der Waals surface area contributed by atoms with Crippen LogP contribution in [0.2, 0.25) is 0 Å². The monoisotopic (exact) mass is 307 g/mol. The highest BCUT2D eigenvalue weighted by Gasteiger charge is 2.09. The Labute approximate surface area is 133 Å². The Kier molecular flexibility index (Phi) is 10.1. The van der Waals surface area contributed by atoms with Gasteiger partial charge < -0.3 is 15.2 Å². The van der Waals surface area contributed by atoms with Gasteiger partial charge in [-0.25, -0.2) is 4.79 Å². The molecule has 1 aromatic rings. The predicted octanol–water partition coefficient (Wildman–Crippen LogP) is 4.10. The molecule has 1 aromatic carbocycles. The molecule has 0 bridgehead atoms. The number of carboxylic acid groups (broad SMARTS) is 1. The van der Waals surface area contributed by atoms with Crippen LogP contribution in [0.1, 0.15) is 62.2 Å². The number of unbranched alkanes of at least 4 members (excludes halogenated alkanes) is 5. The van der Waals surface area contributed by atoms with E-state index in [0.717, 1.165) is 19.5 Å². The Balaban J connectivity index is 2.01. The number of carboxylic acids is 1. The molecule has 0 heterocycles. The Morgan fingerprint density at radius 3 is 2.50 bits per heavy atom. The van der Waals surface area contributed by atoms with Crippen LogP contribution in [-0.2, 0) is 0 Å². The number of para-hydroxylation sites is 1. The topological polar surface area (TPSA) is 58.6 Å². The Morgan fingerprint density at radius 2 is 1.73 bits per heavy atom. The molecular formula is C18H29NO3. The number of carbonyl (C=O) groups is 1. The van der Waals surface area contributed by atoms with E-state index in [-0.39, 0.29) is 5.56 Å². The van der Waals surface area contributed by atoms with E-state index in [2.05, 4.69) is 12.2 Å². The van der Waals surface area contributed by atoms with Gasteiger partial charge >= 0.3 is 5.97 Å². The number of hydrogen-bond donors (Lipinski definition) is 2. The molecule has 4 heteroatoms. The van der Waals surface area contributed by atoms with Crippen LogP contribution in [0.15, 0.2) is 24.3 Å². The lowest BCUT2D eigenvalue weighted by molar-refractivity contribution is 0.0692. The summed E-state index contributed by atoms with van der Waals surface area (Å²) >= 11 is 0. The van der Waals surface area contributed by atoms with E-state index in [4.69, 9.17) is 9.84 Å². The van der Waals surface area contributed by atoms with Crippen LogP contribution in [0.4, 0.5) is 0 Å². The fraction of sp³-hybridized carbons (Fsp3) is 0.611. The summed E-state index contributed by atoms with van der Waals surface area (Å²) in [5, 5.41) is 12.5. The van der Waals surface area contributed by atoms with Crippen LogP contribution in [-0.4, -0.2) is 30.8 Å². The summed E-state index contributed by atoms with van der Waals surface area (Å²) in [6.07, 6.45) is 8.75. The van der Waals surface area contributed by atoms with E-state index in [0.29, 0.717) is 12.4 Å². The van der Waals surface area contributed by atoms with Crippen molar-refractivity contribution in [3.05, 3.63) is 29.8 Å². The minimum Gasteiger partial charge on any atom is -0.493 e. The van der Waals surface area contributed by atoms with Gasteiger partial charge in [0.15, 0.2) is 0 Å². The Morgan fingerprint density at radius 1 is 1.05 bits per heavy atom. The minimum atomic E-state index is -0.947. The van der Waals surface area contributed by atoms with Crippen molar-refractivity contribution in [2.24, 2.45) is 0 Å². The highest BCUT2D eigenvalue weighted by atomic mass is 16.5. The number of ether oxygens (including phenoxy) is 1. The highest BCUT2D eigenvalue weighted by molar-refractivity contribution is 5.90. The minimum absolute atomic E-state index is 0.225. The quantitative estimate of drug-likeness (QED) is 0.539. The largest absolute Gasteiger partial charge is 0.493 e. The molecule has 0 fully saturated rings. The number of aromatic carboxylic acids is 1. The van der Waals surface area contributed by atoms with Gasteiger partial charge in [0.2, 0.25) is 0 Å². The second-order valence-corrected chi connectivity index (χ2v) is 5.52. The molecule has 0 aliphatic rings. The molecule has 0 amide bonds. The maximum atomic E-state index is 11.0. The molecule has 124 valence electrons. The molecule has 4 nitrogen and oxygen atoms in total. The second-order valence-electron chi connectivity index (χ2n) is 5.52. The van der Waals surface area contributed by atoms with Gasteiger partial charge in [0, 0.05) is 0 Å². The lowest BCUT2D eigenvalue weighted by atomic mass is 10.1. The standard InChI is InChI=1S/C18H29NO3/c1-2-3-4-5-6-9-13-19-14-10-15-22-17-12-8-7-11-16(17)18(20)21/h7-8,11-12,19H,2-6,9-10,13-15H2,1H3,(H,20,21). The summed E-state index contributed by atoms with van der Waals surface area (Å²) in [5.74, 6) is -0.497. The lowest BCUT2D eigenvalue weighted by Gasteiger charge is -2.09. The molecular weight excluding hydrogens is 278 g/mol. The zero-order valence-electron chi connectivity index (χ0n) is 13.6. The second kappa shape index (κ2) is 12.0. The number of benzene rings is 1. The summed E-state index contributed by atoms with van der Waals surface area (Å²) in [4.78, 5) is 11.0. The van der Waals surface area contributed by atoms with Gasteiger partial charge in [0.1, 0.15) is 11.3 Å². The van der Waals surface area contributed by atoms with Gasteiger partial charge in [-0.05, 0) is 38.1 Å². The smallest absolute Gasteiger partial charge is 0.339 e. The summed E-state index contributed by atoms with van der Waals surface area (Å²) in [7, 11) is 0. The van der Waals surface area contributed by atoms with Crippen LogP contribution < -0.4 is 10.1 Å². The van der Waals surface area contributed by atoms with Gasteiger partial charge in [0.05, 0.1) is 6.61 Å². The number of rotatable bonds is 13. The molecule has 0 radical (unpaired) electrons. The van der Waals surface area contributed by atoms with E-state index in [1.807, 2.05) is 0 Å². The molecule has 0 aliphatic carbocycles. The molecule has 0 unspecified atom stereocenters. The van der Waals surface area contributed by atoms with E-state index >= 15 is 0 Å². The van der Waals surface area contributed by atoms with Crippen molar-refractivity contribution in [3.63, 3.8) is 0 Å². The highest BCUT2D eigenvalue weighted by Crippen LogP contribution is 2.17. The SMILES string of the molecule is CCCCCCCCNCCCOc1ccccc1C(=O)O. The van der Waals surface area contributed by atoms with Crippen LogP contribution in [0, 0.1) is 0 Å². The zero-order valence-corrected chi connectivity index (χ0v) is 13.6. The first-order chi connectivity index (χ1) is 10.8. The van der Waals surface area contributed by atoms with Crippen LogP contribution in [0.3, 0.4) is 0 Å². The molecule has 1 rings (SSSR count). The lowest BCUT2D eigenvalue weighted by Crippen LogP contribution is -2.19. The average molecular weight is 307 g/mol. The van der Waals surface area contributed by atoms with Crippen molar-refractivity contribution in [3.8, 4) is 5.75 Å². The van der Waals surface area contributed by atoms with Crippen molar-refractivity contribution < 1.29 is 14.6 Å². The van der Waals surface area contributed by atoms with E-state index < -0.39 is 5.97 Å². The van der Waals surface area contributed by atoms with E-state index in [1.54, 1.807) is 24.3 Å². The van der Waals surface area contributed by atoms with Gasteiger partial charge in [-0.15, -0.1) is 0 Å². The number of hydrogen-bond acceptors (Lipinski definition) is 3. The molecule has 0 spiro atoms. The molecule has 0 atom stereocenters. The third-order valence-corrected chi connectivity index (χ3v) is 3.58. The molecule has 22 heavy (non-hydrogen) atoms. The predicted molar refractivity (Wildman–Crippen MR) is 89.8 cm³/mol. The Bertz CT molecular complexity index is 421. The summed E-state index contributed by atoms with van der Waals surface area (Å²) in [6, 6.07) is 6.76. The first-order valence-electron chi connectivity index (χ1n) is 8.41. The fourth-order valence-corrected chi connectivity index (χ4v) is 2.30. The van der Waals surface area contributed by atoms with Gasteiger partial charge in [-0.2, -0.15) is 0 Å². The maximum Gasteiger partial charge on any atom is 0.339 e. The summed E-state index contributed by atoms with van der Waals surface area (Å²) in [5.41, 5.74) is 0.225. The zero-order chi connectivity index (χ0) is 16.0. The van der Waals surface area contributed by atoms with Crippen molar-refractivity contribution in [2.75, 3.05) is 19.7 Å².